The van der Waals surface area contributed by atoms with E-state index in [1.807, 2.05) is 0 Å². The van der Waals surface area contributed by atoms with Crippen LogP contribution in [0.5, 0.6) is 0 Å². The van der Waals surface area contributed by atoms with Gasteiger partial charge in [-0.1, -0.05) is 0 Å². The maximum atomic E-state index is 11.9. The van der Waals surface area contributed by atoms with Crippen molar-refractivity contribution in [3.63, 3.8) is 0 Å². The molecule has 6 nitrogen and oxygen atoms in total. The van der Waals surface area contributed by atoms with Crippen molar-refractivity contribution in [1.29, 1.82) is 0 Å². The number of amides is 1. The fourth-order valence-electron chi connectivity index (χ4n) is 1.38. The summed E-state index contributed by atoms with van der Waals surface area (Å²) in [5.41, 5.74) is 10.6. The first-order valence-electron chi connectivity index (χ1n) is 5.14. The molecule has 94 valence electrons. The Kier molecular flexibility index (Phi) is 4.45. The number of unbranched alkanes of at least 4 members (excludes halogenated alkanes) is 1. The summed E-state index contributed by atoms with van der Waals surface area (Å²) >= 11 is 0. The van der Waals surface area contributed by atoms with E-state index in [-0.39, 0.29) is 22.8 Å². The average molecular weight is 257 g/mol. The zero-order chi connectivity index (χ0) is 12.9. The van der Waals surface area contributed by atoms with E-state index in [1.54, 1.807) is 0 Å². The van der Waals surface area contributed by atoms with E-state index < -0.39 is 15.7 Å². The number of nitrogen functional groups attached to an aromatic ring is 1. The van der Waals surface area contributed by atoms with Crippen LogP contribution in [0.4, 0.5) is 5.69 Å². The summed E-state index contributed by atoms with van der Waals surface area (Å²) in [6.07, 6.45) is 3.72. The molecule has 0 saturated heterocycles. The van der Waals surface area contributed by atoms with Gasteiger partial charge in [-0.15, -0.1) is 0 Å². The van der Waals surface area contributed by atoms with Crippen LogP contribution in [0.25, 0.3) is 0 Å². The molecule has 1 rings (SSSR count). The molecule has 0 aromatic carbocycles. The van der Waals surface area contributed by atoms with E-state index in [0.717, 1.165) is 0 Å². The Labute approximate surface area is 99.9 Å². The van der Waals surface area contributed by atoms with Gasteiger partial charge in [-0.3, -0.25) is 9.78 Å². The average Bonchev–Trinajstić information content (AvgIpc) is 2.24. The van der Waals surface area contributed by atoms with Crippen LogP contribution < -0.4 is 11.5 Å². The highest BCUT2D eigenvalue weighted by Gasteiger charge is 2.16. The molecular formula is C10H15N3O3S. The molecule has 4 N–H and O–H groups in total. The Bertz CT molecular complexity index is 499. The number of aromatic nitrogens is 1. The molecule has 0 atom stereocenters. The molecule has 0 saturated carbocycles. The van der Waals surface area contributed by atoms with E-state index in [0.29, 0.717) is 12.8 Å². The van der Waals surface area contributed by atoms with Crippen LogP contribution in [0.3, 0.4) is 0 Å². The van der Waals surface area contributed by atoms with Gasteiger partial charge in [0.25, 0.3) is 0 Å². The van der Waals surface area contributed by atoms with Crippen molar-refractivity contribution >= 4 is 21.4 Å². The van der Waals surface area contributed by atoms with Crippen molar-refractivity contribution in [2.45, 2.75) is 24.2 Å². The minimum absolute atomic E-state index is 0.0471. The van der Waals surface area contributed by atoms with Gasteiger partial charge in [0.1, 0.15) is 0 Å². The van der Waals surface area contributed by atoms with Gasteiger partial charge in [0.2, 0.25) is 5.91 Å². The van der Waals surface area contributed by atoms with Crippen LogP contribution in [0, 0.1) is 0 Å². The molecule has 1 aromatic rings. The molecule has 0 aliphatic heterocycles. The van der Waals surface area contributed by atoms with Crippen LogP contribution in [-0.4, -0.2) is 25.1 Å². The van der Waals surface area contributed by atoms with Gasteiger partial charge in [0.05, 0.1) is 22.5 Å². The van der Waals surface area contributed by atoms with Gasteiger partial charge >= 0.3 is 0 Å². The topological polar surface area (TPSA) is 116 Å². The second kappa shape index (κ2) is 5.62. The highest BCUT2D eigenvalue weighted by Crippen LogP contribution is 2.18. The number of hydrogen-bond acceptors (Lipinski definition) is 5. The summed E-state index contributed by atoms with van der Waals surface area (Å²) in [7, 11) is -3.41. The smallest absolute Gasteiger partial charge is 0.217 e. The summed E-state index contributed by atoms with van der Waals surface area (Å²) in [5.74, 6) is -0.472. The van der Waals surface area contributed by atoms with Crippen molar-refractivity contribution < 1.29 is 13.2 Å². The van der Waals surface area contributed by atoms with E-state index in [4.69, 9.17) is 11.5 Å². The quantitative estimate of drug-likeness (QED) is 0.701. The molecule has 0 fully saturated rings. The number of anilines is 1. The monoisotopic (exact) mass is 257 g/mol. The normalized spacial score (nSPS) is 11.3. The minimum atomic E-state index is -3.41. The number of nitrogens with two attached hydrogens (primary N) is 2. The first kappa shape index (κ1) is 13.4. The molecule has 0 spiro atoms. The molecule has 0 aliphatic carbocycles. The predicted octanol–water partition coefficient (Wildman–Crippen LogP) is 0.0931. The van der Waals surface area contributed by atoms with Crippen LogP contribution in [0.1, 0.15) is 19.3 Å². The maximum absolute atomic E-state index is 11.9. The fourth-order valence-corrected chi connectivity index (χ4v) is 2.86. The predicted molar refractivity (Wildman–Crippen MR) is 63.7 cm³/mol. The molecular weight excluding hydrogens is 242 g/mol. The third-order valence-corrected chi connectivity index (χ3v) is 4.10. The molecule has 0 radical (unpaired) electrons. The number of primary amides is 1. The molecule has 0 aliphatic rings. The zero-order valence-electron chi connectivity index (χ0n) is 9.30. The van der Waals surface area contributed by atoms with Crippen LogP contribution in [0.15, 0.2) is 23.4 Å². The standard InChI is InChI=1S/C10H15N3O3S/c11-8-7-13-5-4-9(8)17(15,16)6-2-1-3-10(12)14/h4-5,7H,1-3,6,11H2,(H2,12,14). The van der Waals surface area contributed by atoms with Gasteiger partial charge in [-0.05, 0) is 18.9 Å². The first-order valence-corrected chi connectivity index (χ1v) is 6.79. The highest BCUT2D eigenvalue weighted by atomic mass is 32.2. The van der Waals surface area contributed by atoms with Crippen LogP contribution in [-0.2, 0) is 14.6 Å². The third-order valence-electron chi connectivity index (χ3n) is 2.23. The SMILES string of the molecule is NC(=O)CCCCS(=O)(=O)c1ccncc1N. The van der Waals surface area contributed by atoms with Crippen LogP contribution >= 0.6 is 0 Å². The Morgan fingerprint density at radius 3 is 2.65 bits per heavy atom. The van der Waals surface area contributed by atoms with E-state index in [1.165, 1.54) is 18.5 Å². The fraction of sp³-hybridized carbons (Fsp3) is 0.400. The second-order valence-electron chi connectivity index (χ2n) is 3.66. The van der Waals surface area contributed by atoms with Crippen molar-refractivity contribution in [1.82, 2.24) is 4.98 Å². The first-order chi connectivity index (χ1) is 7.93. The van der Waals surface area contributed by atoms with E-state index in [2.05, 4.69) is 4.98 Å². The lowest BCUT2D eigenvalue weighted by Crippen LogP contribution is -2.12. The highest BCUT2D eigenvalue weighted by molar-refractivity contribution is 7.91. The summed E-state index contributed by atoms with van der Waals surface area (Å²) in [6, 6.07) is 1.37. The molecule has 0 unspecified atom stereocenters. The number of sulfone groups is 1. The van der Waals surface area contributed by atoms with Crippen molar-refractivity contribution in [3.05, 3.63) is 18.5 Å². The Balaban J connectivity index is 2.64. The van der Waals surface area contributed by atoms with Crippen molar-refractivity contribution in [2.75, 3.05) is 11.5 Å². The van der Waals surface area contributed by atoms with Gasteiger partial charge in [0, 0.05) is 12.6 Å². The van der Waals surface area contributed by atoms with Gasteiger partial charge < -0.3 is 11.5 Å². The summed E-state index contributed by atoms with van der Waals surface area (Å²) in [6.45, 7) is 0. The zero-order valence-corrected chi connectivity index (χ0v) is 10.1. The lowest BCUT2D eigenvalue weighted by molar-refractivity contribution is -0.118. The largest absolute Gasteiger partial charge is 0.396 e. The Morgan fingerprint density at radius 1 is 1.35 bits per heavy atom. The molecule has 17 heavy (non-hydrogen) atoms. The molecule has 1 heterocycles. The lowest BCUT2D eigenvalue weighted by atomic mass is 10.2. The molecule has 1 amide bonds. The van der Waals surface area contributed by atoms with Gasteiger partial charge in [-0.2, -0.15) is 0 Å². The Morgan fingerprint density at radius 2 is 2.06 bits per heavy atom. The molecule has 1 aromatic heterocycles. The Hall–Kier alpha value is -1.63. The lowest BCUT2D eigenvalue weighted by Gasteiger charge is -2.06. The van der Waals surface area contributed by atoms with E-state index >= 15 is 0 Å². The van der Waals surface area contributed by atoms with Gasteiger partial charge in [0.15, 0.2) is 9.84 Å². The summed E-state index contributed by atoms with van der Waals surface area (Å²) < 4.78 is 23.7. The number of pyridine rings is 1. The van der Waals surface area contributed by atoms with Crippen molar-refractivity contribution in [2.24, 2.45) is 5.73 Å². The minimum Gasteiger partial charge on any atom is -0.396 e. The number of carbonyl (C=O) groups is 1. The van der Waals surface area contributed by atoms with Gasteiger partial charge in [-0.25, -0.2) is 8.42 Å². The van der Waals surface area contributed by atoms with Crippen LogP contribution in [0.2, 0.25) is 0 Å². The van der Waals surface area contributed by atoms with Crippen molar-refractivity contribution in [3.8, 4) is 0 Å². The molecule has 7 heteroatoms. The molecule has 0 bridgehead atoms. The number of rotatable bonds is 6. The summed E-state index contributed by atoms with van der Waals surface area (Å²) in [4.78, 5) is 14.3. The summed E-state index contributed by atoms with van der Waals surface area (Å²) in [5, 5.41) is 0. The number of hydrogen-bond donors (Lipinski definition) is 2. The second-order valence-corrected chi connectivity index (χ2v) is 5.73. The van der Waals surface area contributed by atoms with E-state index in [9.17, 15) is 13.2 Å². The maximum Gasteiger partial charge on any atom is 0.217 e. The third kappa shape index (κ3) is 4.03. The number of carbonyl (C=O) groups excluding carboxylic acids is 1. The number of nitrogens with zero attached hydrogens (tertiary/aromatic N) is 1.